The van der Waals surface area contributed by atoms with Gasteiger partial charge in [-0.05, 0) is 45.8 Å². The van der Waals surface area contributed by atoms with Gasteiger partial charge in [0.15, 0.2) is 0 Å². The molecule has 2 aromatic rings. The minimum absolute atomic E-state index is 0.226. The lowest BCUT2D eigenvalue weighted by atomic mass is 10.2. The summed E-state index contributed by atoms with van der Waals surface area (Å²) in [5, 5.41) is 0. The molecule has 0 unspecified atom stereocenters. The first kappa shape index (κ1) is 14.0. The molecule has 0 saturated heterocycles. The minimum Gasteiger partial charge on any atom is -0.399 e. The van der Waals surface area contributed by atoms with Gasteiger partial charge in [-0.3, -0.25) is 0 Å². The second-order valence-corrected chi connectivity index (χ2v) is 6.59. The highest BCUT2D eigenvalue weighted by Gasteiger charge is 2.16. The highest BCUT2D eigenvalue weighted by atomic mass is 79.9. The van der Waals surface area contributed by atoms with Crippen molar-refractivity contribution in [3.8, 4) is 0 Å². The largest absolute Gasteiger partial charge is 0.399 e. The van der Waals surface area contributed by atoms with E-state index in [4.69, 9.17) is 5.73 Å². The molecule has 0 fully saturated rings. The van der Waals surface area contributed by atoms with Gasteiger partial charge in [0.05, 0.1) is 4.90 Å². The van der Waals surface area contributed by atoms with Crippen molar-refractivity contribution in [1.82, 2.24) is 4.72 Å². The third kappa shape index (κ3) is 3.56. The lowest BCUT2D eigenvalue weighted by Gasteiger charge is -2.08. The van der Waals surface area contributed by atoms with Crippen LogP contribution >= 0.6 is 15.9 Å². The van der Waals surface area contributed by atoms with Crippen molar-refractivity contribution in [2.45, 2.75) is 11.4 Å². The molecular weight excluding hydrogens is 328 g/mol. The Balaban J connectivity index is 2.14. The van der Waals surface area contributed by atoms with E-state index >= 15 is 0 Å². The predicted molar refractivity (Wildman–Crippen MR) is 79.0 cm³/mol. The molecule has 19 heavy (non-hydrogen) atoms. The van der Waals surface area contributed by atoms with Crippen LogP contribution in [0.1, 0.15) is 5.56 Å². The van der Waals surface area contributed by atoms with Gasteiger partial charge in [0, 0.05) is 16.7 Å². The van der Waals surface area contributed by atoms with Crippen LogP contribution in [0.25, 0.3) is 0 Å². The molecule has 3 N–H and O–H groups in total. The van der Waals surface area contributed by atoms with E-state index in [-0.39, 0.29) is 11.4 Å². The van der Waals surface area contributed by atoms with Crippen LogP contribution < -0.4 is 10.5 Å². The smallest absolute Gasteiger partial charge is 0.241 e. The quantitative estimate of drug-likeness (QED) is 0.840. The fourth-order valence-corrected chi connectivity index (χ4v) is 3.57. The van der Waals surface area contributed by atoms with Gasteiger partial charge in [0.2, 0.25) is 10.0 Å². The van der Waals surface area contributed by atoms with Crippen LogP contribution in [0.3, 0.4) is 0 Å². The molecule has 0 aliphatic rings. The van der Waals surface area contributed by atoms with E-state index in [1.165, 1.54) is 0 Å². The van der Waals surface area contributed by atoms with E-state index in [2.05, 4.69) is 20.7 Å². The highest BCUT2D eigenvalue weighted by molar-refractivity contribution is 9.10. The van der Waals surface area contributed by atoms with E-state index < -0.39 is 10.0 Å². The summed E-state index contributed by atoms with van der Waals surface area (Å²) in [4.78, 5) is 0.227. The lowest BCUT2D eigenvalue weighted by Crippen LogP contribution is -2.23. The van der Waals surface area contributed by atoms with Crippen LogP contribution in [-0.2, 0) is 16.6 Å². The summed E-state index contributed by atoms with van der Waals surface area (Å²) in [7, 11) is -3.53. The molecule has 0 aromatic heterocycles. The number of nitrogens with two attached hydrogens (primary N) is 1. The van der Waals surface area contributed by atoms with E-state index in [0.29, 0.717) is 10.2 Å². The summed E-state index contributed by atoms with van der Waals surface area (Å²) < 4.78 is 27.3. The zero-order valence-electron chi connectivity index (χ0n) is 10.0. The first-order valence-corrected chi connectivity index (χ1v) is 7.85. The third-order valence-electron chi connectivity index (χ3n) is 2.57. The van der Waals surface area contributed by atoms with Crippen molar-refractivity contribution in [2.75, 3.05) is 5.73 Å². The van der Waals surface area contributed by atoms with Gasteiger partial charge in [0.1, 0.15) is 0 Å². The molecular formula is C13H13BrN2O2S. The molecule has 0 atom stereocenters. The number of rotatable bonds is 4. The Labute approximate surface area is 120 Å². The van der Waals surface area contributed by atoms with Crippen molar-refractivity contribution in [3.05, 3.63) is 58.6 Å². The maximum absolute atomic E-state index is 12.1. The fourth-order valence-electron chi connectivity index (χ4n) is 1.55. The van der Waals surface area contributed by atoms with Crippen LogP contribution in [0.4, 0.5) is 5.69 Å². The fraction of sp³-hybridized carbons (Fsp3) is 0.0769. The predicted octanol–water partition coefficient (Wildman–Crippen LogP) is 2.51. The van der Waals surface area contributed by atoms with Crippen molar-refractivity contribution >= 4 is 31.6 Å². The van der Waals surface area contributed by atoms with Gasteiger partial charge in [-0.2, -0.15) is 0 Å². The van der Waals surface area contributed by atoms with Crippen LogP contribution in [0.2, 0.25) is 0 Å². The van der Waals surface area contributed by atoms with Crippen LogP contribution in [0.15, 0.2) is 57.9 Å². The molecule has 2 rings (SSSR count). The van der Waals surface area contributed by atoms with Gasteiger partial charge in [0.25, 0.3) is 0 Å². The Morgan fingerprint density at radius 3 is 2.32 bits per heavy atom. The van der Waals surface area contributed by atoms with Crippen molar-refractivity contribution in [1.29, 1.82) is 0 Å². The molecule has 0 amide bonds. The Morgan fingerprint density at radius 2 is 1.68 bits per heavy atom. The number of benzene rings is 2. The number of anilines is 1. The van der Waals surface area contributed by atoms with Crippen LogP contribution in [0.5, 0.6) is 0 Å². The Hall–Kier alpha value is -1.37. The lowest BCUT2D eigenvalue weighted by molar-refractivity contribution is 0.581. The molecule has 100 valence electrons. The molecule has 0 bridgehead atoms. The average Bonchev–Trinajstić information content (AvgIpc) is 2.38. The van der Waals surface area contributed by atoms with E-state index in [1.807, 2.05) is 0 Å². The molecule has 0 aliphatic carbocycles. The number of hydrogen-bond acceptors (Lipinski definition) is 3. The Morgan fingerprint density at radius 1 is 1.05 bits per heavy atom. The maximum Gasteiger partial charge on any atom is 0.241 e. The zero-order valence-corrected chi connectivity index (χ0v) is 12.4. The normalized spacial score (nSPS) is 11.4. The zero-order chi connectivity index (χ0) is 13.9. The van der Waals surface area contributed by atoms with Gasteiger partial charge >= 0.3 is 0 Å². The monoisotopic (exact) mass is 340 g/mol. The number of hydrogen-bond donors (Lipinski definition) is 2. The van der Waals surface area contributed by atoms with Crippen LogP contribution in [-0.4, -0.2) is 8.42 Å². The number of sulfonamides is 1. The Kier molecular flexibility index (Phi) is 4.24. The SMILES string of the molecule is Nc1ccc(CNS(=O)(=O)c2ccccc2Br)cc1. The first-order valence-electron chi connectivity index (χ1n) is 5.58. The van der Waals surface area contributed by atoms with Gasteiger partial charge < -0.3 is 5.73 Å². The van der Waals surface area contributed by atoms with Gasteiger partial charge in [-0.15, -0.1) is 0 Å². The van der Waals surface area contributed by atoms with E-state index in [1.54, 1.807) is 48.5 Å². The maximum atomic E-state index is 12.1. The molecule has 0 saturated carbocycles. The topological polar surface area (TPSA) is 72.2 Å². The summed E-state index contributed by atoms with van der Waals surface area (Å²) in [5.74, 6) is 0. The van der Waals surface area contributed by atoms with E-state index in [0.717, 1.165) is 5.56 Å². The number of nitrogens with one attached hydrogen (secondary N) is 1. The Bertz CT molecular complexity index is 669. The third-order valence-corrected chi connectivity index (χ3v) is 4.99. The summed E-state index contributed by atoms with van der Waals surface area (Å²) in [6.07, 6.45) is 0. The molecule has 4 nitrogen and oxygen atoms in total. The second-order valence-electron chi connectivity index (χ2n) is 4.00. The van der Waals surface area contributed by atoms with Crippen molar-refractivity contribution in [3.63, 3.8) is 0 Å². The molecule has 0 radical (unpaired) electrons. The average molecular weight is 341 g/mol. The molecule has 0 heterocycles. The molecule has 0 aliphatic heterocycles. The number of nitrogen functional groups attached to an aromatic ring is 1. The highest BCUT2D eigenvalue weighted by Crippen LogP contribution is 2.21. The summed E-state index contributed by atoms with van der Waals surface area (Å²) in [6.45, 7) is 0.226. The molecule has 0 spiro atoms. The summed E-state index contributed by atoms with van der Waals surface area (Å²) in [6, 6.07) is 13.7. The molecule has 6 heteroatoms. The van der Waals surface area contributed by atoms with Crippen LogP contribution in [0, 0.1) is 0 Å². The number of halogens is 1. The standard InChI is InChI=1S/C13H13BrN2O2S/c14-12-3-1-2-4-13(12)19(17,18)16-9-10-5-7-11(15)8-6-10/h1-8,16H,9,15H2. The van der Waals surface area contributed by atoms with Crippen molar-refractivity contribution < 1.29 is 8.42 Å². The van der Waals surface area contributed by atoms with Gasteiger partial charge in [-0.25, -0.2) is 13.1 Å². The first-order chi connectivity index (χ1) is 8.99. The van der Waals surface area contributed by atoms with E-state index in [9.17, 15) is 8.42 Å². The second kappa shape index (κ2) is 5.73. The van der Waals surface area contributed by atoms with Crippen molar-refractivity contribution in [2.24, 2.45) is 0 Å². The summed E-state index contributed by atoms with van der Waals surface area (Å²) >= 11 is 3.23. The molecule has 2 aromatic carbocycles. The minimum atomic E-state index is -3.53. The summed E-state index contributed by atoms with van der Waals surface area (Å²) in [5.41, 5.74) is 7.08. The van der Waals surface area contributed by atoms with Gasteiger partial charge in [-0.1, -0.05) is 24.3 Å².